The van der Waals surface area contributed by atoms with Crippen molar-refractivity contribution >= 4 is 23.2 Å². The monoisotopic (exact) mass is 469 g/mol. The molecule has 1 saturated heterocycles. The largest absolute Gasteiger partial charge is 0.433 e. The van der Waals surface area contributed by atoms with Crippen LogP contribution in [0.3, 0.4) is 0 Å². The number of aromatic nitrogens is 5. The summed E-state index contributed by atoms with van der Waals surface area (Å²) in [5, 5.41) is 8.17. The molecule has 0 unspecified atom stereocenters. The van der Waals surface area contributed by atoms with E-state index in [9.17, 15) is 18.0 Å². The molecule has 4 rings (SSSR count). The molecule has 0 spiro atoms. The third-order valence-corrected chi connectivity index (χ3v) is 5.93. The van der Waals surface area contributed by atoms with Gasteiger partial charge in [0.1, 0.15) is 10.7 Å². The highest BCUT2D eigenvalue weighted by Gasteiger charge is 2.37. The second-order valence-electron chi connectivity index (χ2n) is 7.84. The molecule has 172 valence electrons. The molecule has 0 aliphatic carbocycles. The first-order chi connectivity index (χ1) is 15.1. The van der Waals surface area contributed by atoms with Gasteiger partial charge in [-0.3, -0.25) is 14.4 Å². The predicted molar refractivity (Wildman–Crippen MR) is 112 cm³/mol. The van der Waals surface area contributed by atoms with E-state index < -0.39 is 17.8 Å². The van der Waals surface area contributed by atoms with Crippen LogP contribution in [-0.2, 0) is 19.3 Å². The first-order valence-electron chi connectivity index (χ1n) is 10.3. The van der Waals surface area contributed by atoms with Gasteiger partial charge in [0.15, 0.2) is 11.3 Å². The summed E-state index contributed by atoms with van der Waals surface area (Å²) in [5.41, 5.74) is 0.837. The van der Waals surface area contributed by atoms with E-state index in [1.165, 1.54) is 6.92 Å². The maximum absolute atomic E-state index is 13.4. The molecule has 3 aromatic heterocycles. The molecular weight excluding hydrogens is 447 g/mol. The summed E-state index contributed by atoms with van der Waals surface area (Å²) in [6.45, 7) is 9.04. The average Bonchev–Trinajstić information content (AvgIpc) is 3.26. The lowest BCUT2D eigenvalue weighted by Crippen LogP contribution is -2.48. The number of amides is 1. The average molecular weight is 470 g/mol. The van der Waals surface area contributed by atoms with Gasteiger partial charge in [0.05, 0.1) is 5.69 Å². The van der Waals surface area contributed by atoms with E-state index in [-0.39, 0.29) is 22.1 Å². The number of carbonyl (C=O) groups is 1. The number of carbonyl (C=O) groups excluding carboxylic acids is 1. The van der Waals surface area contributed by atoms with E-state index in [1.807, 2.05) is 24.7 Å². The van der Waals surface area contributed by atoms with Crippen molar-refractivity contribution in [1.82, 2.24) is 34.2 Å². The SMILES string of the molecule is CCn1cc(CN2CCN(C(=O)c3nn4c(C(F)(F)F)cc(C)nc4c3Cl)CC2)c(C)n1. The van der Waals surface area contributed by atoms with Crippen LogP contribution in [0.5, 0.6) is 0 Å². The number of hydrogen-bond acceptors (Lipinski definition) is 5. The molecule has 1 aliphatic heterocycles. The minimum atomic E-state index is -4.66. The van der Waals surface area contributed by atoms with Crippen LogP contribution in [-0.4, -0.2) is 66.3 Å². The molecular formula is C20H23ClF3N7O. The zero-order valence-electron chi connectivity index (χ0n) is 17.9. The number of fused-ring (bicyclic) bond motifs is 1. The van der Waals surface area contributed by atoms with Crippen molar-refractivity contribution in [1.29, 1.82) is 0 Å². The Labute approximate surface area is 187 Å². The quantitative estimate of drug-likeness (QED) is 0.587. The normalized spacial score (nSPS) is 15.7. The van der Waals surface area contributed by atoms with Crippen LogP contribution in [0.2, 0.25) is 5.02 Å². The molecule has 1 amide bonds. The van der Waals surface area contributed by atoms with Gasteiger partial charge in [-0.2, -0.15) is 23.4 Å². The summed E-state index contributed by atoms with van der Waals surface area (Å²) in [5.74, 6) is -0.499. The maximum Gasteiger partial charge on any atom is 0.433 e. The second kappa shape index (κ2) is 8.36. The van der Waals surface area contributed by atoms with Gasteiger partial charge in [0, 0.05) is 56.7 Å². The zero-order valence-corrected chi connectivity index (χ0v) is 18.7. The molecule has 0 aromatic carbocycles. The fraction of sp³-hybridized carbons (Fsp3) is 0.500. The zero-order chi connectivity index (χ0) is 23.2. The van der Waals surface area contributed by atoms with Gasteiger partial charge in [0.25, 0.3) is 5.91 Å². The first-order valence-corrected chi connectivity index (χ1v) is 10.6. The molecule has 32 heavy (non-hydrogen) atoms. The number of alkyl halides is 3. The topological polar surface area (TPSA) is 71.6 Å². The number of halogens is 4. The van der Waals surface area contributed by atoms with Crippen LogP contribution in [0, 0.1) is 13.8 Å². The molecule has 0 N–H and O–H groups in total. The van der Waals surface area contributed by atoms with Crippen molar-refractivity contribution in [3.05, 3.63) is 45.6 Å². The van der Waals surface area contributed by atoms with E-state index in [2.05, 4.69) is 20.1 Å². The van der Waals surface area contributed by atoms with E-state index in [0.29, 0.717) is 30.7 Å². The molecule has 0 saturated carbocycles. The number of piperazine rings is 1. The van der Waals surface area contributed by atoms with Crippen LogP contribution in [0.4, 0.5) is 13.2 Å². The molecule has 12 heteroatoms. The summed E-state index contributed by atoms with van der Waals surface area (Å²) in [6, 6.07) is 0.881. The Balaban J connectivity index is 1.51. The van der Waals surface area contributed by atoms with Crippen LogP contribution in [0.15, 0.2) is 12.3 Å². The van der Waals surface area contributed by atoms with Crippen LogP contribution < -0.4 is 0 Å². The third-order valence-electron chi connectivity index (χ3n) is 5.58. The lowest BCUT2D eigenvalue weighted by atomic mass is 10.2. The highest BCUT2D eigenvalue weighted by Crippen LogP contribution is 2.32. The number of nitrogens with zero attached hydrogens (tertiary/aromatic N) is 7. The highest BCUT2D eigenvalue weighted by atomic mass is 35.5. The van der Waals surface area contributed by atoms with Crippen LogP contribution in [0.1, 0.15) is 40.1 Å². The fourth-order valence-electron chi connectivity index (χ4n) is 3.83. The standard InChI is InChI=1S/C20H23ClF3N7O/c1-4-30-11-14(13(3)26-30)10-28-5-7-29(8-6-28)19(32)17-16(21)18-25-12(2)9-15(20(22,23)24)31(18)27-17/h9,11H,4-8,10H2,1-3H3. The van der Waals surface area contributed by atoms with Gasteiger partial charge in [-0.05, 0) is 26.8 Å². The van der Waals surface area contributed by atoms with Gasteiger partial charge < -0.3 is 4.90 Å². The van der Waals surface area contributed by atoms with Gasteiger partial charge in [-0.1, -0.05) is 11.6 Å². The van der Waals surface area contributed by atoms with Crippen molar-refractivity contribution in [2.75, 3.05) is 26.2 Å². The molecule has 3 aromatic rings. The Kier molecular flexibility index (Phi) is 5.89. The fourth-order valence-corrected chi connectivity index (χ4v) is 4.07. The van der Waals surface area contributed by atoms with E-state index in [1.54, 1.807) is 4.90 Å². The Hall–Kier alpha value is -2.66. The minimum Gasteiger partial charge on any atom is -0.335 e. The first kappa shape index (κ1) is 22.5. The van der Waals surface area contributed by atoms with Gasteiger partial charge in [-0.25, -0.2) is 9.50 Å². The highest BCUT2D eigenvalue weighted by molar-refractivity contribution is 6.36. The summed E-state index contributed by atoms with van der Waals surface area (Å²) < 4.78 is 42.8. The van der Waals surface area contributed by atoms with Crippen molar-refractivity contribution < 1.29 is 18.0 Å². The van der Waals surface area contributed by atoms with Crippen LogP contribution >= 0.6 is 11.6 Å². The molecule has 0 radical (unpaired) electrons. The smallest absolute Gasteiger partial charge is 0.335 e. The molecule has 8 nitrogen and oxygen atoms in total. The van der Waals surface area contributed by atoms with E-state index in [0.717, 1.165) is 30.4 Å². The Bertz CT molecular complexity index is 1160. The summed E-state index contributed by atoms with van der Waals surface area (Å²) >= 11 is 6.25. The Morgan fingerprint density at radius 3 is 2.44 bits per heavy atom. The summed E-state index contributed by atoms with van der Waals surface area (Å²) in [6.07, 6.45) is -2.63. The van der Waals surface area contributed by atoms with Crippen molar-refractivity contribution in [2.45, 2.75) is 40.0 Å². The predicted octanol–water partition coefficient (Wildman–Crippen LogP) is 3.19. The lowest BCUT2D eigenvalue weighted by Gasteiger charge is -2.34. The lowest BCUT2D eigenvalue weighted by molar-refractivity contribution is -0.142. The molecule has 1 aliphatic rings. The summed E-state index contributed by atoms with van der Waals surface area (Å²) in [7, 11) is 0. The Morgan fingerprint density at radius 1 is 1.16 bits per heavy atom. The van der Waals surface area contributed by atoms with Crippen molar-refractivity contribution in [3.8, 4) is 0 Å². The van der Waals surface area contributed by atoms with Gasteiger partial charge in [0.2, 0.25) is 0 Å². The molecule has 0 bridgehead atoms. The van der Waals surface area contributed by atoms with Gasteiger partial charge in [-0.15, -0.1) is 0 Å². The molecule has 4 heterocycles. The number of hydrogen-bond donors (Lipinski definition) is 0. The minimum absolute atomic E-state index is 0.140. The van der Waals surface area contributed by atoms with E-state index in [4.69, 9.17) is 11.6 Å². The van der Waals surface area contributed by atoms with Gasteiger partial charge >= 0.3 is 6.18 Å². The molecule has 1 fully saturated rings. The Morgan fingerprint density at radius 2 is 1.84 bits per heavy atom. The van der Waals surface area contributed by atoms with Crippen molar-refractivity contribution in [2.24, 2.45) is 0 Å². The van der Waals surface area contributed by atoms with Crippen LogP contribution in [0.25, 0.3) is 5.65 Å². The summed E-state index contributed by atoms with van der Waals surface area (Å²) in [4.78, 5) is 20.9. The molecule has 0 atom stereocenters. The third kappa shape index (κ3) is 4.18. The maximum atomic E-state index is 13.4. The number of aryl methyl sites for hydroxylation is 3. The van der Waals surface area contributed by atoms with Crippen molar-refractivity contribution in [3.63, 3.8) is 0 Å². The second-order valence-corrected chi connectivity index (χ2v) is 8.22. The van der Waals surface area contributed by atoms with E-state index >= 15 is 0 Å². The number of rotatable bonds is 4.